The minimum absolute atomic E-state index is 0.0213. The highest BCUT2D eigenvalue weighted by Gasteiger charge is 2.47. The number of urea groups is 1. The second kappa shape index (κ2) is 6.89. The molecule has 4 amide bonds. The van der Waals surface area contributed by atoms with E-state index in [1.807, 2.05) is 0 Å². The van der Waals surface area contributed by atoms with Crippen molar-refractivity contribution >= 4 is 23.8 Å². The number of hydrogen-bond donors (Lipinski definition) is 2. The predicted molar refractivity (Wildman–Crippen MR) is 92.2 cm³/mol. The molecule has 3 aliphatic rings. The Morgan fingerprint density at radius 1 is 1.23 bits per heavy atom. The zero-order valence-corrected chi connectivity index (χ0v) is 15.4. The summed E-state index contributed by atoms with van der Waals surface area (Å²) >= 11 is 0. The molecule has 2 saturated heterocycles. The molecular formula is C18H27N3O5. The van der Waals surface area contributed by atoms with Gasteiger partial charge in [-0.3, -0.25) is 14.5 Å². The Kier molecular flexibility index (Phi) is 4.94. The number of nitrogens with zero attached hydrogens (tertiary/aromatic N) is 2. The zero-order valence-electron chi connectivity index (χ0n) is 15.4. The lowest BCUT2D eigenvalue weighted by Crippen LogP contribution is -2.46. The van der Waals surface area contributed by atoms with Crippen molar-refractivity contribution in [2.75, 3.05) is 6.54 Å². The minimum Gasteiger partial charge on any atom is -0.480 e. The molecule has 2 aliphatic heterocycles. The van der Waals surface area contributed by atoms with E-state index >= 15 is 0 Å². The molecule has 1 saturated carbocycles. The Hall–Kier alpha value is -2.12. The maximum atomic E-state index is 12.7. The standard InChI is InChI=1S/C18H27N3O5/c1-18(2)16(25)20(17(26)19-18)9-5-8-14(22)21-12-7-4-3-6-11(12)10-13(21)15(23)24/h11-13H,3-10H2,1-2H3,(H,19,26)(H,23,24). The number of carbonyl (C=O) groups excluding carboxylic acids is 3. The Labute approximate surface area is 152 Å². The largest absolute Gasteiger partial charge is 0.480 e. The van der Waals surface area contributed by atoms with Crippen molar-refractivity contribution in [3.8, 4) is 0 Å². The van der Waals surface area contributed by atoms with Crippen molar-refractivity contribution in [1.29, 1.82) is 0 Å². The minimum atomic E-state index is -0.941. The van der Waals surface area contributed by atoms with Crippen LogP contribution in [0.15, 0.2) is 0 Å². The van der Waals surface area contributed by atoms with Crippen molar-refractivity contribution in [2.45, 2.75) is 76.4 Å². The van der Waals surface area contributed by atoms with Crippen LogP contribution in [0.2, 0.25) is 0 Å². The molecule has 2 N–H and O–H groups in total. The van der Waals surface area contributed by atoms with Crippen LogP contribution >= 0.6 is 0 Å². The summed E-state index contributed by atoms with van der Waals surface area (Å²) in [6.07, 6.45) is 4.98. The van der Waals surface area contributed by atoms with Gasteiger partial charge in [-0.15, -0.1) is 0 Å². The van der Waals surface area contributed by atoms with E-state index in [1.54, 1.807) is 18.7 Å². The molecule has 1 aliphatic carbocycles. The second-order valence-corrected chi connectivity index (χ2v) is 8.12. The Balaban J connectivity index is 1.59. The first-order chi connectivity index (χ1) is 12.2. The van der Waals surface area contributed by atoms with Crippen LogP contribution in [0, 0.1) is 5.92 Å². The van der Waals surface area contributed by atoms with E-state index < -0.39 is 23.6 Å². The molecule has 0 aromatic rings. The molecule has 0 aromatic heterocycles. The van der Waals surface area contributed by atoms with Gasteiger partial charge in [0.15, 0.2) is 0 Å². The van der Waals surface area contributed by atoms with Crippen molar-refractivity contribution < 1.29 is 24.3 Å². The van der Waals surface area contributed by atoms with Gasteiger partial charge in [-0.2, -0.15) is 0 Å². The van der Waals surface area contributed by atoms with Crippen LogP contribution in [0.4, 0.5) is 4.79 Å². The topological polar surface area (TPSA) is 107 Å². The number of amides is 4. The molecule has 0 aromatic carbocycles. The van der Waals surface area contributed by atoms with Gasteiger partial charge in [0, 0.05) is 19.0 Å². The average molecular weight is 365 g/mol. The van der Waals surface area contributed by atoms with Crippen molar-refractivity contribution in [3.05, 3.63) is 0 Å². The molecule has 8 nitrogen and oxygen atoms in total. The molecular weight excluding hydrogens is 338 g/mol. The number of likely N-dealkylation sites (tertiary alicyclic amines) is 1. The lowest BCUT2D eigenvalue weighted by Gasteiger charge is -2.33. The number of imide groups is 1. The first-order valence-electron chi connectivity index (χ1n) is 9.40. The third-order valence-electron chi connectivity index (χ3n) is 5.88. The van der Waals surface area contributed by atoms with Crippen molar-refractivity contribution in [1.82, 2.24) is 15.1 Å². The molecule has 26 heavy (non-hydrogen) atoms. The molecule has 0 spiro atoms. The number of rotatable bonds is 5. The lowest BCUT2D eigenvalue weighted by atomic mass is 9.84. The van der Waals surface area contributed by atoms with Gasteiger partial charge in [-0.25, -0.2) is 9.59 Å². The van der Waals surface area contributed by atoms with Crippen molar-refractivity contribution in [3.63, 3.8) is 0 Å². The number of carboxylic acids is 1. The quantitative estimate of drug-likeness (QED) is 0.715. The number of carbonyl (C=O) groups is 4. The van der Waals surface area contributed by atoms with E-state index in [9.17, 15) is 24.3 Å². The summed E-state index contributed by atoms with van der Waals surface area (Å²) in [5, 5.41) is 12.1. The monoisotopic (exact) mass is 365 g/mol. The maximum absolute atomic E-state index is 12.7. The number of hydrogen-bond acceptors (Lipinski definition) is 4. The van der Waals surface area contributed by atoms with Crippen LogP contribution in [0.5, 0.6) is 0 Å². The summed E-state index contributed by atoms with van der Waals surface area (Å²) in [6.45, 7) is 3.45. The van der Waals surface area contributed by atoms with Gasteiger partial charge < -0.3 is 15.3 Å². The van der Waals surface area contributed by atoms with Crippen LogP contribution in [0.1, 0.15) is 58.8 Å². The highest BCUT2D eigenvalue weighted by atomic mass is 16.4. The van der Waals surface area contributed by atoms with Gasteiger partial charge in [-0.1, -0.05) is 12.8 Å². The fraction of sp³-hybridized carbons (Fsp3) is 0.778. The first kappa shape index (κ1) is 18.7. The highest BCUT2D eigenvalue weighted by Crippen LogP contribution is 2.40. The molecule has 3 fully saturated rings. The van der Waals surface area contributed by atoms with E-state index in [-0.39, 0.29) is 36.7 Å². The molecule has 0 radical (unpaired) electrons. The zero-order chi connectivity index (χ0) is 19.1. The van der Waals surface area contributed by atoms with Crippen LogP contribution in [0.25, 0.3) is 0 Å². The summed E-state index contributed by atoms with van der Waals surface area (Å²) in [5.74, 6) is -1.14. The van der Waals surface area contributed by atoms with Crippen LogP contribution in [-0.2, 0) is 14.4 Å². The van der Waals surface area contributed by atoms with Crippen LogP contribution < -0.4 is 5.32 Å². The van der Waals surface area contributed by atoms with E-state index in [4.69, 9.17) is 0 Å². The molecule has 3 unspecified atom stereocenters. The van der Waals surface area contributed by atoms with Gasteiger partial charge in [0.1, 0.15) is 11.6 Å². The fourth-order valence-electron chi connectivity index (χ4n) is 4.58. The van der Waals surface area contributed by atoms with Gasteiger partial charge in [-0.05, 0) is 45.4 Å². The van der Waals surface area contributed by atoms with Crippen LogP contribution in [0.3, 0.4) is 0 Å². The van der Waals surface area contributed by atoms with Gasteiger partial charge >= 0.3 is 12.0 Å². The number of carboxylic acid groups (broad SMARTS) is 1. The molecule has 2 heterocycles. The summed E-state index contributed by atoms with van der Waals surface area (Å²) in [6, 6.07) is -1.16. The fourth-order valence-corrected chi connectivity index (χ4v) is 4.58. The highest BCUT2D eigenvalue weighted by molar-refractivity contribution is 6.06. The van der Waals surface area contributed by atoms with E-state index in [0.717, 1.165) is 30.6 Å². The Morgan fingerprint density at radius 3 is 2.54 bits per heavy atom. The first-order valence-corrected chi connectivity index (χ1v) is 9.40. The Morgan fingerprint density at radius 2 is 1.92 bits per heavy atom. The molecule has 8 heteroatoms. The molecule has 3 atom stereocenters. The summed E-state index contributed by atoms with van der Waals surface area (Å²) < 4.78 is 0. The molecule has 3 rings (SSSR count). The Bertz CT molecular complexity index is 632. The summed E-state index contributed by atoms with van der Waals surface area (Å²) in [7, 11) is 0. The van der Waals surface area contributed by atoms with Gasteiger partial charge in [0.2, 0.25) is 5.91 Å². The number of fused-ring (bicyclic) bond motifs is 1. The smallest absolute Gasteiger partial charge is 0.326 e. The predicted octanol–water partition coefficient (Wildman–Crippen LogP) is 1.34. The number of nitrogens with one attached hydrogen (secondary N) is 1. The van der Waals surface area contributed by atoms with Gasteiger partial charge in [0.25, 0.3) is 5.91 Å². The van der Waals surface area contributed by atoms with Gasteiger partial charge in [0.05, 0.1) is 0 Å². The van der Waals surface area contributed by atoms with Crippen LogP contribution in [-0.4, -0.2) is 62.9 Å². The normalized spacial score (nSPS) is 30.3. The summed E-state index contributed by atoms with van der Waals surface area (Å²) in [4.78, 5) is 51.1. The summed E-state index contributed by atoms with van der Waals surface area (Å²) in [5.41, 5.74) is -0.917. The third kappa shape index (κ3) is 3.29. The number of aliphatic carboxylic acids is 1. The maximum Gasteiger partial charge on any atom is 0.326 e. The second-order valence-electron chi connectivity index (χ2n) is 8.12. The average Bonchev–Trinajstić information content (AvgIpc) is 3.05. The van der Waals surface area contributed by atoms with E-state index in [2.05, 4.69) is 5.32 Å². The van der Waals surface area contributed by atoms with E-state index in [1.165, 1.54) is 0 Å². The lowest BCUT2D eigenvalue weighted by molar-refractivity contribution is -0.150. The van der Waals surface area contributed by atoms with Crippen molar-refractivity contribution in [2.24, 2.45) is 5.92 Å². The SMILES string of the molecule is CC1(C)NC(=O)N(CCCC(=O)N2C(C(=O)O)CC3CCCCC32)C1=O. The third-order valence-corrected chi connectivity index (χ3v) is 5.88. The molecule has 144 valence electrons. The molecule has 0 bridgehead atoms. The van der Waals surface area contributed by atoms with E-state index in [0.29, 0.717) is 12.8 Å².